The van der Waals surface area contributed by atoms with Crippen LogP contribution in [0, 0.1) is 5.41 Å². The van der Waals surface area contributed by atoms with E-state index in [0.717, 1.165) is 36.8 Å². The van der Waals surface area contributed by atoms with Crippen LogP contribution in [0.15, 0.2) is 34.7 Å². The number of hydrogen-bond acceptors (Lipinski definition) is 4. The Hall–Kier alpha value is -1.85. The van der Waals surface area contributed by atoms with Crippen LogP contribution in [0.5, 0.6) is 0 Å². The van der Waals surface area contributed by atoms with Crippen molar-refractivity contribution in [2.24, 2.45) is 5.41 Å². The van der Waals surface area contributed by atoms with Crippen LogP contribution in [-0.4, -0.2) is 50.3 Å². The molecule has 2 aliphatic heterocycles. The minimum absolute atomic E-state index is 0.0364. The number of amides is 1. The second kappa shape index (κ2) is 6.22. The van der Waals surface area contributed by atoms with Gasteiger partial charge >= 0.3 is 0 Å². The smallest absolute Gasteiger partial charge is 0.289 e. The summed E-state index contributed by atoms with van der Waals surface area (Å²) >= 11 is 0. The first-order valence-electron chi connectivity index (χ1n) is 8.60. The summed E-state index contributed by atoms with van der Waals surface area (Å²) in [5.41, 5.74) is 0.663. The van der Waals surface area contributed by atoms with Crippen molar-refractivity contribution in [3.8, 4) is 0 Å². The maximum atomic E-state index is 12.9. The molecule has 4 rings (SSSR count). The summed E-state index contributed by atoms with van der Waals surface area (Å²) in [6, 6.07) is 9.55. The van der Waals surface area contributed by atoms with Gasteiger partial charge in [0.25, 0.3) is 5.91 Å². The van der Waals surface area contributed by atoms with Crippen molar-refractivity contribution < 1.29 is 18.7 Å². The minimum Gasteiger partial charge on any atom is -0.451 e. The Morgan fingerprint density at radius 2 is 2.29 bits per heavy atom. The van der Waals surface area contributed by atoms with E-state index in [1.165, 1.54) is 0 Å². The average molecular weight is 329 g/mol. The summed E-state index contributed by atoms with van der Waals surface area (Å²) in [5.74, 6) is 0.379. The average Bonchev–Trinajstić information content (AvgIpc) is 3.04. The van der Waals surface area contributed by atoms with Crippen molar-refractivity contribution in [1.29, 1.82) is 0 Å². The highest BCUT2D eigenvalue weighted by Gasteiger charge is 2.47. The quantitative estimate of drug-likeness (QED) is 0.868. The molecule has 1 aromatic heterocycles. The van der Waals surface area contributed by atoms with E-state index in [1.54, 1.807) is 7.11 Å². The monoisotopic (exact) mass is 329 g/mol. The molecule has 24 heavy (non-hydrogen) atoms. The zero-order valence-corrected chi connectivity index (χ0v) is 14.0. The number of piperidine rings is 1. The maximum absolute atomic E-state index is 12.9. The van der Waals surface area contributed by atoms with Crippen LogP contribution in [0.25, 0.3) is 11.0 Å². The number of nitrogens with zero attached hydrogens (tertiary/aromatic N) is 1. The molecule has 2 aliphatic rings. The van der Waals surface area contributed by atoms with Gasteiger partial charge in [-0.2, -0.15) is 0 Å². The topological polar surface area (TPSA) is 51.9 Å². The molecule has 2 aromatic rings. The number of para-hydroxylation sites is 1. The van der Waals surface area contributed by atoms with Crippen molar-refractivity contribution in [3.05, 3.63) is 36.1 Å². The fourth-order valence-electron chi connectivity index (χ4n) is 4.20. The third kappa shape index (κ3) is 2.62. The lowest BCUT2D eigenvalue weighted by atomic mass is 9.73. The Balaban J connectivity index is 1.58. The molecule has 2 atom stereocenters. The predicted octanol–water partition coefficient (Wildman–Crippen LogP) is 3.09. The van der Waals surface area contributed by atoms with Crippen LogP contribution >= 0.6 is 0 Å². The van der Waals surface area contributed by atoms with E-state index in [4.69, 9.17) is 13.9 Å². The molecule has 1 aromatic carbocycles. The van der Waals surface area contributed by atoms with Gasteiger partial charge < -0.3 is 18.8 Å². The number of methoxy groups -OCH3 is 1. The van der Waals surface area contributed by atoms with Gasteiger partial charge in [0.2, 0.25) is 0 Å². The number of ether oxygens (including phenoxy) is 2. The minimum atomic E-state index is -0.0904. The number of hydrogen-bond donors (Lipinski definition) is 0. The second-order valence-electron chi connectivity index (χ2n) is 6.92. The highest BCUT2D eigenvalue weighted by molar-refractivity contribution is 5.96. The summed E-state index contributed by atoms with van der Waals surface area (Å²) in [6.45, 7) is 2.81. The molecule has 5 nitrogen and oxygen atoms in total. The van der Waals surface area contributed by atoms with Gasteiger partial charge in [0.15, 0.2) is 5.76 Å². The van der Waals surface area contributed by atoms with Crippen LogP contribution in [0.2, 0.25) is 0 Å². The third-order valence-corrected chi connectivity index (χ3v) is 5.34. The molecule has 1 amide bonds. The van der Waals surface area contributed by atoms with Gasteiger partial charge in [-0.3, -0.25) is 4.79 Å². The van der Waals surface area contributed by atoms with Gasteiger partial charge in [-0.15, -0.1) is 0 Å². The first kappa shape index (κ1) is 15.7. The molecule has 0 N–H and O–H groups in total. The van der Waals surface area contributed by atoms with E-state index in [2.05, 4.69) is 0 Å². The Kier molecular flexibility index (Phi) is 4.06. The van der Waals surface area contributed by atoms with Crippen molar-refractivity contribution in [1.82, 2.24) is 4.90 Å². The second-order valence-corrected chi connectivity index (χ2v) is 6.92. The van der Waals surface area contributed by atoms with Crippen LogP contribution in [0.4, 0.5) is 0 Å². The molecular formula is C19H23NO4. The molecule has 128 valence electrons. The SMILES string of the molecule is COC[C@]12CCCO[C@@H]1CCN(C(=O)c1cc3ccccc3o1)C2. The number of fused-ring (bicyclic) bond motifs is 2. The van der Waals surface area contributed by atoms with E-state index in [-0.39, 0.29) is 17.4 Å². The molecule has 2 saturated heterocycles. The number of benzene rings is 1. The van der Waals surface area contributed by atoms with E-state index < -0.39 is 0 Å². The zero-order chi connectivity index (χ0) is 16.6. The molecular weight excluding hydrogens is 306 g/mol. The molecule has 0 bridgehead atoms. The van der Waals surface area contributed by atoms with Crippen molar-refractivity contribution >= 4 is 16.9 Å². The number of likely N-dealkylation sites (tertiary alicyclic amines) is 1. The van der Waals surface area contributed by atoms with E-state index in [9.17, 15) is 4.79 Å². The Morgan fingerprint density at radius 3 is 3.12 bits per heavy atom. The highest BCUT2D eigenvalue weighted by atomic mass is 16.5. The summed E-state index contributed by atoms with van der Waals surface area (Å²) in [5, 5.41) is 0.961. The van der Waals surface area contributed by atoms with Crippen molar-refractivity contribution in [2.75, 3.05) is 33.4 Å². The van der Waals surface area contributed by atoms with Crippen molar-refractivity contribution in [3.63, 3.8) is 0 Å². The van der Waals surface area contributed by atoms with E-state index >= 15 is 0 Å². The van der Waals surface area contributed by atoms with Gasteiger partial charge in [-0.25, -0.2) is 0 Å². The lowest BCUT2D eigenvalue weighted by Crippen LogP contribution is -2.58. The summed E-state index contributed by atoms with van der Waals surface area (Å²) in [7, 11) is 1.72. The number of rotatable bonds is 3. The summed E-state index contributed by atoms with van der Waals surface area (Å²) in [6.07, 6.45) is 3.10. The fraction of sp³-hybridized carbons (Fsp3) is 0.526. The fourth-order valence-corrected chi connectivity index (χ4v) is 4.20. The zero-order valence-electron chi connectivity index (χ0n) is 14.0. The normalized spacial score (nSPS) is 27.2. The van der Waals surface area contributed by atoms with Crippen LogP contribution < -0.4 is 0 Å². The molecule has 5 heteroatoms. The standard InChI is InChI=1S/C19H23NO4/c1-22-13-19-8-4-10-23-17(19)7-9-20(12-19)18(21)16-11-14-5-2-3-6-15(14)24-16/h2-3,5-6,11,17H,4,7-10,12-13H2,1H3/t17-,19-/m1/s1. The Morgan fingerprint density at radius 1 is 1.42 bits per heavy atom. The molecule has 0 radical (unpaired) electrons. The number of carbonyl (C=O) groups is 1. The van der Waals surface area contributed by atoms with Gasteiger partial charge in [0, 0.05) is 37.6 Å². The summed E-state index contributed by atoms with van der Waals surface area (Å²) in [4.78, 5) is 14.8. The first-order valence-corrected chi connectivity index (χ1v) is 8.60. The van der Waals surface area contributed by atoms with Crippen LogP contribution in [0.3, 0.4) is 0 Å². The molecule has 2 fully saturated rings. The first-order chi connectivity index (χ1) is 11.7. The van der Waals surface area contributed by atoms with Crippen LogP contribution in [-0.2, 0) is 9.47 Å². The predicted molar refractivity (Wildman–Crippen MR) is 90.0 cm³/mol. The molecule has 0 unspecified atom stereocenters. The van der Waals surface area contributed by atoms with Gasteiger partial charge in [-0.1, -0.05) is 18.2 Å². The Labute approximate surface area is 141 Å². The third-order valence-electron chi connectivity index (χ3n) is 5.34. The van der Waals surface area contributed by atoms with Gasteiger partial charge in [-0.05, 0) is 31.4 Å². The molecule has 0 spiro atoms. The van der Waals surface area contributed by atoms with Crippen LogP contribution in [0.1, 0.15) is 29.8 Å². The molecule has 0 aliphatic carbocycles. The largest absolute Gasteiger partial charge is 0.451 e. The molecule has 3 heterocycles. The lowest BCUT2D eigenvalue weighted by Gasteiger charge is -2.50. The van der Waals surface area contributed by atoms with Crippen molar-refractivity contribution in [2.45, 2.75) is 25.4 Å². The van der Waals surface area contributed by atoms with E-state index in [1.807, 2.05) is 35.2 Å². The number of furan rings is 1. The number of carbonyl (C=O) groups excluding carboxylic acids is 1. The van der Waals surface area contributed by atoms with Gasteiger partial charge in [0.05, 0.1) is 12.7 Å². The van der Waals surface area contributed by atoms with E-state index in [0.29, 0.717) is 25.5 Å². The Bertz CT molecular complexity index is 703. The lowest BCUT2D eigenvalue weighted by molar-refractivity contribution is -0.142. The molecule has 0 saturated carbocycles. The maximum Gasteiger partial charge on any atom is 0.289 e. The highest BCUT2D eigenvalue weighted by Crippen LogP contribution is 2.40. The summed E-state index contributed by atoms with van der Waals surface area (Å²) < 4.78 is 17.2. The van der Waals surface area contributed by atoms with Gasteiger partial charge in [0.1, 0.15) is 5.58 Å².